The van der Waals surface area contributed by atoms with Crippen molar-refractivity contribution in [2.45, 2.75) is 24.0 Å². The monoisotopic (exact) mass is 308 g/mol. The molecular weight excluding hydrogens is 291 g/mol. The smallest absolute Gasteiger partial charge is 0.240 e. The van der Waals surface area contributed by atoms with Crippen LogP contribution in [0, 0.1) is 12.7 Å². The molecule has 1 rings (SSSR count). The normalized spacial score (nSPS) is 15.2. The summed E-state index contributed by atoms with van der Waals surface area (Å²) in [6, 6.07) is 2.16. The zero-order valence-corrected chi connectivity index (χ0v) is 12.6. The van der Waals surface area contributed by atoms with Crippen LogP contribution in [0.5, 0.6) is 0 Å². The van der Waals surface area contributed by atoms with E-state index in [0.29, 0.717) is 0 Å². The van der Waals surface area contributed by atoms with E-state index in [4.69, 9.17) is 5.73 Å². The molecule has 0 aliphatic carbocycles. The van der Waals surface area contributed by atoms with Crippen molar-refractivity contribution in [1.82, 2.24) is 4.72 Å². The minimum absolute atomic E-state index is 0.0438. The molecule has 5 nitrogen and oxygen atoms in total. The third-order valence-corrected chi connectivity index (χ3v) is 5.58. The summed E-state index contributed by atoms with van der Waals surface area (Å²) in [5.41, 5.74) is 5.42. The van der Waals surface area contributed by atoms with Crippen LogP contribution in [-0.2, 0) is 20.8 Å². The third kappa shape index (κ3) is 3.99. The van der Waals surface area contributed by atoms with Gasteiger partial charge in [-0.25, -0.2) is 17.5 Å². The molecule has 2 atom stereocenters. The Morgan fingerprint density at radius 1 is 1.47 bits per heavy atom. The van der Waals surface area contributed by atoms with Crippen molar-refractivity contribution in [3.8, 4) is 0 Å². The Hall–Kier alpha value is -0.990. The Labute approximate surface area is 114 Å². The van der Waals surface area contributed by atoms with Gasteiger partial charge in [0.15, 0.2) is 0 Å². The molecule has 1 aromatic carbocycles. The number of aryl methyl sites for hydroxylation is 1. The lowest BCUT2D eigenvalue weighted by Gasteiger charge is -2.13. The SMILES string of the molecule is Cc1cc(F)c(N)cc1S(=O)(=O)NCC(C)S(C)=O. The van der Waals surface area contributed by atoms with Crippen LogP contribution in [0.25, 0.3) is 0 Å². The summed E-state index contributed by atoms with van der Waals surface area (Å²) in [6.45, 7) is 3.20. The maximum atomic E-state index is 13.2. The fraction of sp³-hybridized carbons (Fsp3) is 0.455. The molecule has 2 unspecified atom stereocenters. The van der Waals surface area contributed by atoms with Crippen molar-refractivity contribution >= 4 is 26.5 Å². The van der Waals surface area contributed by atoms with E-state index in [1.54, 1.807) is 6.92 Å². The molecule has 0 fully saturated rings. The fourth-order valence-corrected chi connectivity index (χ4v) is 3.19. The quantitative estimate of drug-likeness (QED) is 0.786. The molecule has 0 spiro atoms. The highest BCUT2D eigenvalue weighted by Crippen LogP contribution is 2.21. The van der Waals surface area contributed by atoms with Crippen LogP contribution in [0.15, 0.2) is 17.0 Å². The van der Waals surface area contributed by atoms with Gasteiger partial charge in [0, 0.05) is 28.9 Å². The first-order valence-electron chi connectivity index (χ1n) is 5.52. The lowest BCUT2D eigenvalue weighted by Crippen LogP contribution is -2.33. The molecule has 0 heterocycles. The summed E-state index contributed by atoms with van der Waals surface area (Å²) in [5, 5.41) is -0.312. The van der Waals surface area contributed by atoms with Crippen molar-refractivity contribution in [1.29, 1.82) is 0 Å². The van der Waals surface area contributed by atoms with Gasteiger partial charge in [0.2, 0.25) is 10.0 Å². The number of rotatable bonds is 5. The number of sulfonamides is 1. The minimum Gasteiger partial charge on any atom is -0.396 e. The second kappa shape index (κ2) is 5.98. The number of nitrogen functional groups attached to an aromatic ring is 1. The van der Waals surface area contributed by atoms with Crippen molar-refractivity contribution in [3.05, 3.63) is 23.5 Å². The van der Waals surface area contributed by atoms with Crippen LogP contribution in [0.3, 0.4) is 0 Å². The van der Waals surface area contributed by atoms with Crippen molar-refractivity contribution in [3.63, 3.8) is 0 Å². The van der Waals surface area contributed by atoms with Crippen LogP contribution < -0.4 is 10.5 Å². The van der Waals surface area contributed by atoms with Gasteiger partial charge in [-0.1, -0.05) is 0 Å². The number of halogens is 1. The molecule has 19 heavy (non-hydrogen) atoms. The van der Waals surface area contributed by atoms with Gasteiger partial charge in [-0.05, 0) is 31.5 Å². The predicted molar refractivity (Wildman–Crippen MR) is 74.3 cm³/mol. The van der Waals surface area contributed by atoms with Gasteiger partial charge in [0.05, 0.1) is 10.6 Å². The Morgan fingerprint density at radius 3 is 2.58 bits per heavy atom. The maximum Gasteiger partial charge on any atom is 0.240 e. The number of benzene rings is 1. The topological polar surface area (TPSA) is 89.3 Å². The van der Waals surface area contributed by atoms with E-state index in [-0.39, 0.29) is 27.9 Å². The molecule has 0 aromatic heterocycles. The van der Waals surface area contributed by atoms with Crippen molar-refractivity contribution in [2.24, 2.45) is 0 Å². The second-order valence-corrected chi connectivity index (χ2v) is 7.84. The second-order valence-electron chi connectivity index (χ2n) is 4.30. The highest BCUT2D eigenvalue weighted by Gasteiger charge is 2.20. The summed E-state index contributed by atoms with van der Waals surface area (Å²) < 4.78 is 50.8. The number of hydrogen-bond acceptors (Lipinski definition) is 4. The summed E-state index contributed by atoms with van der Waals surface area (Å²) in [5.74, 6) is -0.653. The molecule has 0 radical (unpaired) electrons. The Morgan fingerprint density at radius 2 is 2.05 bits per heavy atom. The van der Waals surface area contributed by atoms with Gasteiger partial charge >= 0.3 is 0 Å². The highest BCUT2D eigenvalue weighted by atomic mass is 32.2. The van der Waals surface area contributed by atoms with Crippen LogP contribution in [0.1, 0.15) is 12.5 Å². The van der Waals surface area contributed by atoms with Gasteiger partial charge in [-0.15, -0.1) is 0 Å². The lowest BCUT2D eigenvalue weighted by molar-refractivity contribution is 0.579. The van der Waals surface area contributed by atoms with E-state index in [2.05, 4.69) is 4.72 Å². The van der Waals surface area contributed by atoms with E-state index >= 15 is 0 Å². The molecule has 3 N–H and O–H groups in total. The zero-order chi connectivity index (χ0) is 14.8. The van der Waals surface area contributed by atoms with Crippen molar-refractivity contribution < 1.29 is 17.0 Å². The Kier molecular flexibility index (Phi) is 5.05. The van der Waals surface area contributed by atoms with Crippen LogP contribution in [-0.4, -0.2) is 30.7 Å². The summed E-state index contributed by atoms with van der Waals surface area (Å²) in [4.78, 5) is -0.0690. The van der Waals surface area contributed by atoms with Gasteiger partial charge < -0.3 is 5.73 Å². The van der Waals surface area contributed by atoms with Crippen molar-refractivity contribution in [2.75, 3.05) is 18.5 Å². The molecule has 0 saturated carbocycles. The summed E-state index contributed by atoms with van der Waals surface area (Å²) in [6.07, 6.45) is 1.50. The number of nitrogens with one attached hydrogen (secondary N) is 1. The standard InChI is InChI=1S/C11H17FN2O3S2/c1-7-4-9(12)10(13)5-11(7)19(16,17)14-6-8(2)18(3)15/h4-5,8,14H,6,13H2,1-3H3. The largest absolute Gasteiger partial charge is 0.396 e. The van der Waals surface area contributed by atoms with Gasteiger partial charge in [0.25, 0.3) is 0 Å². The average molecular weight is 308 g/mol. The first-order chi connectivity index (χ1) is 8.65. The Bertz CT molecular complexity index is 602. The third-order valence-electron chi connectivity index (χ3n) is 2.71. The van der Waals surface area contributed by atoms with Gasteiger partial charge in [-0.2, -0.15) is 0 Å². The first kappa shape index (κ1) is 16.1. The Balaban J connectivity index is 3.01. The van der Waals surface area contributed by atoms with Gasteiger partial charge in [0.1, 0.15) is 5.82 Å². The summed E-state index contributed by atoms with van der Waals surface area (Å²) in [7, 11) is -4.92. The lowest BCUT2D eigenvalue weighted by atomic mass is 10.2. The minimum atomic E-state index is -3.79. The molecule has 1 aromatic rings. The molecule has 0 aliphatic heterocycles. The maximum absolute atomic E-state index is 13.2. The van der Waals surface area contributed by atoms with E-state index in [1.807, 2.05) is 0 Å². The van der Waals surface area contributed by atoms with E-state index in [9.17, 15) is 17.0 Å². The van der Waals surface area contributed by atoms with E-state index in [1.165, 1.54) is 13.2 Å². The first-order valence-corrected chi connectivity index (χ1v) is 8.63. The van der Waals surface area contributed by atoms with E-state index in [0.717, 1.165) is 12.1 Å². The molecule has 108 valence electrons. The molecular formula is C11H17FN2O3S2. The molecule has 0 aliphatic rings. The van der Waals surface area contributed by atoms with Crippen LogP contribution >= 0.6 is 0 Å². The highest BCUT2D eigenvalue weighted by molar-refractivity contribution is 7.89. The predicted octanol–water partition coefficient (Wildman–Crippen LogP) is 0.762. The average Bonchev–Trinajstić information content (AvgIpc) is 2.30. The molecule has 0 bridgehead atoms. The number of nitrogens with two attached hydrogens (primary N) is 1. The number of hydrogen-bond donors (Lipinski definition) is 2. The number of anilines is 1. The summed E-state index contributed by atoms with van der Waals surface area (Å²) >= 11 is 0. The van der Waals surface area contributed by atoms with Crippen LogP contribution in [0.4, 0.5) is 10.1 Å². The van der Waals surface area contributed by atoms with Crippen LogP contribution in [0.2, 0.25) is 0 Å². The molecule has 0 saturated heterocycles. The fourth-order valence-electron chi connectivity index (χ4n) is 1.38. The molecule has 8 heteroatoms. The molecule has 0 amide bonds. The zero-order valence-electron chi connectivity index (χ0n) is 10.9. The van der Waals surface area contributed by atoms with E-state index < -0.39 is 26.6 Å². The van der Waals surface area contributed by atoms with Gasteiger partial charge in [-0.3, -0.25) is 4.21 Å².